The molecular formula is C22H25FN2O3S. The number of rotatable bonds is 9. The molecule has 154 valence electrons. The third-order valence-corrected chi connectivity index (χ3v) is 4.34. The summed E-state index contributed by atoms with van der Waals surface area (Å²) in [4.78, 5) is 14.1. The largest absolute Gasteiger partial charge is 0.494 e. The van der Waals surface area contributed by atoms with Crippen LogP contribution in [-0.2, 0) is 4.79 Å². The summed E-state index contributed by atoms with van der Waals surface area (Å²) in [6, 6.07) is 13.3. The predicted molar refractivity (Wildman–Crippen MR) is 117 cm³/mol. The van der Waals surface area contributed by atoms with Gasteiger partial charge in [0.15, 0.2) is 5.11 Å². The molecule has 5 nitrogen and oxygen atoms in total. The van der Waals surface area contributed by atoms with Crippen LogP contribution in [0.25, 0.3) is 6.08 Å². The second kappa shape index (κ2) is 11.9. The van der Waals surface area contributed by atoms with Gasteiger partial charge in [-0.15, -0.1) is 0 Å². The zero-order chi connectivity index (χ0) is 21.1. The highest BCUT2D eigenvalue weighted by molar-refractivity contribution is 7.80. The number of carbonyl (C=O) groups is 1. The first-order valence-electron chi connectivity index (χ1n) is 9.43. The van der Waals surface area contributed by atoms with Gasteiger partial charge in [-0.05, 0) is 80.0 Å². The van der Waals surface area contributed by atoms with E-state index in [0.29, 0.717) is 31.6 Å². The Morgan fingerprint density at radius 2 is 1.86 bits per heavy atom. The number of aliphatic hydroxyl groups excluding tert-OH is 1. The Kier molecular flexibility index (Phi) is 9.27. The van der Waals surface area contributed by atoms with Gasteiger partial charge in [-0.1, -0.05) is 12.1 Å². The molecule has 1 amide bonds. The third kappa shape index (κ3) is 7.63. The molecule has 2 N–H and O–H groups in total. The number of halogens is 1. The molecule has 0 bridgehead atoms. The molecule has 2 aromatic carbocycles. The van der Waals surface area contributed by atoms with Crippen molar-refractivity contribution < 1.29 is 19.0 Å². The monoisotopic (exact) mass is 416 g/mol. The molecule has 0 unspecified atom stereocenters. The van der Waals surface area contributed by atoms with Gasteiger partial charge >= 0.3 is 0 Å². The van der Waals surface area contributed by atoms with Crippen LogP contribution >= 0.6 is 12.2 Å². The molecule has 0 heterocycles. The molecule has 0 saturated carbocycles. The number of hydrogen-bond donors (Lipinski definition) is 2. The van der Waals surface area contributed by atoms with Crippen molar-refractivity contribution in [1.29, 1.82) is 0 Å². The van der Waals surface area contributed by atoms with Gasteiger partial charge in [-0.25, -0.2) is 4.39 Å². The molecule has 0 saturated heterocycles. The summed E-state index contributed by atoms with van der Waals surface area (Å²) in [7, 11) is 0. The van der Waals surface area contributed by atoms with E-state index in [9.17, 15) is 9.18 Å². The maximum absolute atomic E-state index is 13.0. The van der Waals surface area contributed by atoms with Crippen molar-refractivity contribution in [3.8, 4) is 5.75 Å². The van der Waals surface area contributed by atoms with Crippen molar-refractivity contribution in [2.45, 2.75) is 19.8 Å². The zero-order valence-corrected chi connectivity index (χ0v) is 17.1. The van der Waals surface area contributed by atoms with Gasteiger partial charge in [0.2, 0.25) is 5.91 Å². The van der Waals surface area contributed by atoms with Gasteiger partial charge in [-0.3, -0.25) is 10.1 Å². The maximum Gasteiger partial charge on any atom is 0.250 e. The molecule has 0 aromatic heterocycles. The number of aliphatic hydroxyl groups is 1. The first-order chi connectivity index (χ1) is 14.0. The van der Waals surface area contributed by atoms with Crippen LogP contribution < -0.4 is 15.0 Å². The summed E-state index contributed by atoms with van der Waals surface area (Å²) in [5.74, 6) is 0.0443. The zero-order valence-electron chi connectivity index (χ0n) is 16.3. The molecule has 2 rings (SSSR count). The first kappa shape index (κ1) is 22.5. The van der Waals surface area contributed by atoms with Gasteiger partial charge in [0.05, 0.1) is 6.61 Å². The molecule has 29 heavy (non-hydrogen) atoms. The third-order valence-electron chi connectivity index (χ3n) is 4.02. The highest BCUT2D eigenvalue weighted by Crippen LogP contribution is 2.20. The van der Waals surface area contributed by atoms with Crippen LogP contribution in [0, 0.1) is 5.82 Å². The molecule has 2 aromatic rings. The number of nitrogens with one attached hydrogen (secondary N) is 1. The first-order valence-corrected chi connectivity index (χ1v) is 9.84. The second-order valence-corrected chi connectivity index (χ2v) is 6.58. The summed E-state index contributed by atoms with van der Waals surface area (Å²) >= 11 is 5.43. The summed E-state index contributed by atoms with van der Waals surface area (Å²) in [5, 5.41) is 12.0. The predicted octanol–water partition coefficient (Wildman–Crippen LogP) is 3.92. The summed E-state index contributed by atoms with van der Waals surface area (Å²) < 4.78 is 18.4. The van der Waals surface area contributed by atoms with Crippen molar-refractivity contribution in [3.63, 3.8) is 0 Å². The Labute approximate surface area is 175 Å². The van der Waals surface area contributed by atoms with E-state index in [2.05, 4.69) is 5.32 Å². The number of unbranched alkanes of at least 4 members (excludes halogenated alkanes) is 1. The Balaban J connectivity index is 2.05. The Morgan fingerprint density at radius 1 is 1.17 bits per heavy atom. The molecule has 7 heteroatoms. The number of carbonyl (C=O) groups excluding carboxylic acids is 1. The molecular weight excluding hydrogens is 391 g/mol. The van der Waals surface area contributed by atoms with Crippen LogP contribution in [0.3, 0.4) is 0 Å². The Bertz CT molecular complexity index is 823. The van der Waals surface area contributed by atoms with E-state index in [0.717, 1.165) is 11.4 Å². The van der Waals surface area contributed by atoms with Gasteiger partial charge in [0.1, 0.15) is 11.6 Å². The maximum atomic E-state index is 13.0. The van der Waals surface area contributed by atoms with E-state index in [4.69, 9.17) is 22.1 Å². The number of hydrogen-bond acceptors (Lipinski definition) is 4. The number of ether oxygens (including phenoxy) is 1. The highest BCUT2D eigenvalue weighted by atomic mass is 32.1. The minimum absolute atomic E-state index is 0.0939. The second-order valence-electron chi connectivity index (χ2n) is 6.19. The van der Waals surface area contributed by atoms with Gasteiger partial charge < -0.3 is 14.7 Å². The fraction of sp³-hybridized carbons (Fsp3) is 0.273. The molecule has 0 spiro atoms. The average molecular weight is 417 g/mol. The smallest absolute Gasteiger partial charge is 0.250 e. The summed E-state index contributed by atoms with van der Waals surface area (Å²) in [6.45, 7) is 3.14. The van der Waals surface area contributed by atoms with Crippen LogP contribution in [0.1, 0.15) is 25.3 Å². The van der Waals surface area contributed by atoms with Crippen molar-refractivity contribution in [3.05, 3.63) is 66.0 Å². The molecule has 0 fully saturated rings. The van der Waals surface area contributed by atoms with Crippen molar-refractivity contribution >= 4 is 35.0 Å². The van der Waals surface area contributed by atoms with Crippen LogP contribution in [0.15, 0.2) is 54.6 Å². The molecule has 0 aliphatic rings. The van der Waals surface area contributed by atoms with Crippen LogP contribution in [-0.4, -0.2) is 35.9 Å². The van der Waals surface area contributed by atoms with Crippen molar-refractivity contribution in [2.24, 2.45) is 0 Å². The molecule has 0 radical (unpaired) electrons. The minimum Gasteiger partial charge on any atom is -0.494 e. The van der Waals surface area contributed by atoms with Gasteiger partial charge in [-0.2, -0.15) is 0 Å². The number of nitrogens with zero attached hydrogens (tertiary/aromatic N) is 1. The Morgan fingerprint density at radius 3 is 2.48 bits per heavy atom. The van der Waals surface area contributed by atoms with Crippen molar-refractivity contribution in [2.75, 3.05) is 24.7 Å². The topological polar surface area (TPSA) is 61.8 Å². The summed E-state index contributed by atoms with van der Waals surface area (Å²) in [5.41, 5.74) is 1.53. The van der Waals surface area contributed by atoms with E-state index >= 15 is 0 Å². The van der Waals surface area contributed by atoms with Crippen LogP contribution in [0.5, 0.6) is 5.75 Å². The average Bonchev–Trinajstić information content (AvgIpc) is 2.72. The Hall–Kier alpha value is -2.77. The molecule has 0 atom stereocenters. The number of benzene rings is 2. The van der Waals surface area contributed by atoms with Gasteiger partial charge in [0, 0.05) is 24.9 Å². The van der Waals surface area contributed by atoms with Crippen LogP contribution in [0.4, 0.5) is 10.1 Å². The van der Waals surface area contributed by atoms with Gasteiger partial charge in [0.25, 0.3) is 0 Å². The summed E-state index contributed by atoms with van der Waals surface area (Å²) in [6.07, 6.45) is 4.29. The highest BCUT2D eigenvalue weighted by Gasteiger charge is 2.14. The lowest BCUT2D eigenvalue weighted by Gasteiger charge is -2.25. The van der Waals surface area contributed by atoms with E-state index in [1.807, 2.05) is 36.1 Å². The van der Waals surface area contributed by atoms with E-state index < -0.39 is 0 Å². The number of thiocarbonyl (C=S) groups is 1. The van der Waals surface area contributed by atoms with E-state index in [1.54, 1.807) is 18.2 Å². The van der Waals surface area contributed by atoms with E-state index in [1.165, 1.54) is 18.2 Å². The lowest BCUT2D eigenvalue weighted by atomic mass is 10.2. The fourth-order valence-corrected chi connectivity index (χ4v) is 2.88. The normalized spacial score (nSPS) is 10.7. The standard InChI is InChI=1S/C22H25FN2O3S/c1-2-28-20-12-10-19(11-13-20)25(15-3-4-16-26)22(29)24-21(27)14-7-17-5-8-18(23)9-6-17/h5-14,26H,2-4,15-16H2,1H3,(H,24,27,29). The number of amides is 1. The van der Waals surface area contributed by atoms with Crippen molar-refractivity contribution in [1.82, 2.24) is 5.32 Å². The van der Waals surface area contributed by atoms with Crippen LogP contribution in [0.2, 0.25) is 0 Å². The fourth-order valence-electron chi connectivity index (χ4n) is 2.58. The van der Waals surface area contributed by atoms with E-state index in [-0.39, 0.29) is 23.4 Å². The quantitative estimate of drug-likeness (QED) is 0.369. The SMILES string of the molecule is CCOc1ccc(N(CCCCO)C(=S)NC(=O)C=Cc2ccc(F)cc2)cc1. The minimum atomic E-state index is -0.377. The number of anilines is 1. The lowest BCUT2D eigenvalue weighted by Crippen LogP contribution is -2.42. The lowest BCUT2D eigenvalue weighted by molar-refractivity contribution is -0.115. The molecule has 0 aliphatic heterocycles. The molecule has 0 aliphatic carbocycles.